The van der Waals surface area contributed by atoms with Gasteiger partial charge in [0.05, 0.1) is 32.0 Å². The van der Waals surface area contributed by atoms with Gasteiger partial charge < -0.3 is 65.1 Å². The lowest BCUT2D eigenvalue weighted by molar-refractivity contribution is -0.359. The molecular formula is C65H119NO13. The molecule has 79 heavy (non-hydrogen) atoms. The highest BCUT2D eigenvalue weighted by atomic mass is 16.7. The van der Waals surface area contributed by atoms with Crippen molar-refractivity contribution in [1.29, 1.82) is 0 Å². The molecule has 0 spiro atoms. The molecule has 0 aromatic heterocycles. The minimum absolute atomic E-state index is 0.242. The van der Waals surface area contributed by atoms with Crippen molar-refractivity contribution < 1.29 is 64.6 Å². The van der Waals surface area contributed by atoms with Crippen LogP contribution in [0.4, 0.5) is 0 Å². The molecule has 0 radical (unpaired) electrons. The average Bonchev–Trinajstić information content (AvgIpc) is 3.48. The number of allylic oxidation sites excluding steroid dienone is 7. The van der Waals surface area contributed by atoms with Crippen LogP contribution < -0.4 is 5.32 Å². The molecule has 14 heteroatoms. The Balaban J connectivity index is 1.48. The normalized spacial score (nSPS) is 24.7. The minimum atomic E-state index is -1.79. The fraction of sp³-hybridized carbons (Fsp3) is 0.862. The average molecular weight is 1120 g/mol. The van der Waals surface area contributed by atoms with Gasteiger partial charge >= 0.3 is 0 Å². The summed E-state index contributed by atoms with van der Waals surface area (Å²) < 4.78 is 22.6. The monoisotopic (exact) mass is 1120 g/mol. The molecule has 462 valence electrons. The molecule has 1 amide bonds. The first kappa shape index (κ1) is 73.1. The van der Waals surface area contributed by atoms with Crippen LogP contribution in [0.3, 0.4) is 0 Å². The first-order valence-corrected chi connectivity index (χ1v) is 32.4. The molecule has 2 rings (SSSR count). The first-order valence-electron chi connectivity index (χ1n) is 32.4. The van der Waals surface area contributed by atoms with E-state index in [1.165, 1.54) is 173 Å². The SMILES string of the molecule is CCCCCC/C=C/C(O)C(COC1OC(CO)C(OC2OC(CO)C(O)C(O)C2O)C(O)C1O)NC(=O)CCCCCCCCCCCCCCCCCCCCCCCCCC/C=C\C/C=C\C/C=C\CCCCCCC. The van der Waals surface area contributed by atoms with Crippen LogP contribution in [0.5, 0.6) is 0 Å². The van der Waals surface area contributed by atoms with E-state index in [1.54, 1.807) is 6.08 Å². The second-order valence-electron chi connectivity index (χ2n) is 22.9. The standard InChI is InChI=1S/C65H119NO13/c1-3-5-7-9-11-12-13-14-15-16-17-18-19-20-21-22-23-24-25-26-27-28-29-30-31-32-33-34-35-36-37-38-39-40-41-42-43-45-47-49-57(70)66-53(54(69)48-46-44-10-8-6-4-2)52-76-64-62(75)60(73)63(56(51-68)78-64)79-65-61(74)59(72)58(71)55(50-67)77-65/h13-14,16-17,19-20,46,48,53-56,58-65,67-69,71-75H,3-12,15,18,21-45,47,49-52H2,1-2H3,(H,66,70)/b14-13-,17-16-,20-19-,48-46+. The van der Waals surface area contributed by atoms with Crippen LogP contribution in [0.2, 0.25) is 0 Å². The summed E-state index contributed by atoms with van der Waals surface area (Å²) in [6.45, 7) is 2.70. The van der Waals surface area contributed by atoms with Gasteiger partial charge in [-0.25, -0.2) is 0 Å². The van der Waals surface area contributed by atoms with Crippen molar-refractivity contribution in [3.05, 3.63) is 48.6 Å². The highest BCUT2D eigenvalue weighted by molar-refractivity contribution is 5.76. The predicted molar refractivity (Wildman–Crippen MR) is 318 cm³/mol. The van der Waals surface area contributed by atoms with E-state index in [1.807, 2.05) is 6.08 Å². The van der Waals surface area contributed by atoms with Crippen LogP contribution in [-0.2, 0) is 23.7 Å². The van der Waals surface area contributed by atoms with E-state index in [-0.39, 0.29) is 18.9 Å². The van der Waals surface area contributed by atoms with Gasteiger partial charge in [0.15, 0.2) is 12.6 Å². The Hall–Kier alpha value is -2.05. The predicted octanol–water partition coefficient (Wildman–Crippen LogP) is 12.0. The summed E-state index contributed by atoms with van der Waals surface area (Å²) in [5.74, 6) is -0.242. The zero-order chi connectivity index (χ0) is 57.4. The molecular weight excluding hydrogens is 1000 g/mol. The number of unbranched alkanes of at least 4 members (excludes halogenated alkanes) is 33. The quantitative estimate of drug-likeness (QED) is 0.0204. The Labute approximate surface area is 480 Å². The van der Waals surface area contributed by atoms with Gasteiger partial charge in [-0.1, -0.05) is 249 Å². The topological polar surface area (TPSA) is 228 Å². The van der Waals surface area contributed by atoms with E-state index < -0.39 is 86.8 Å². The summed E-state index contributed by atoms with van der Waals surface area (Å²) in [6.07, 6.45) is 48.3. The maximum Gasteiger partial charge on any atom is 0.220 e. The van der Waals surface area contributed by atoms with Crippen molar-refractivity contribution in [2.24, 2.45) is 0 Å². The number of hydrogen-bond donors (Lipinski definition) is 9. The summed E-state index contributed by atoms with van der Waals surface area (Å²) in [6, 6.07) is -0.909. The summed E-state index contributed by atoms with van der Waals surface area (Å²) >= 11 is 0. The minimum Gasteiger partial charge on any atom is -0.394 e. The Morgan fingerprint density at radius 2 is 0.835 bits per heavy atom. The third-order valence-electron chi connectivity index (χ3n) is 15.8. The highest BCUT2D eigenvalue weighted by Gasteiger charge is 2.51. The van der Waals surface area contributed by atoms with Gasteiger partial charge in [-0.15, -0.1) is 0 Å². The van der Waals surface area contributed by atoms with Crippen molar-refractivity contribution in [3.8, 4) is 0 Å². The highest BCUT2D eigenvalue weighted by Crippen LogP contribution is 2.30. The van der Waals surface area contributed by atoms with Crippen molar-refractivity contribution in [2.45, 2.75) is 338 Å². The van der Waals surface area contributed by atoms with Gasteiger partial charge in [-0.05, 0) is 57.8 Å². The maximum absolute atomic E-state index is 13.2. The van der Waals surface area contributed by atoms with Crippen LogP contribution in [0.15, 0.2) is 48.6 Å². The molecule has 12 unspecified atom stereocenters. The number of carbonyl (C=O) groups is 1. The van der Waals surface area contributed by atoms with E-state index in [2.05, 4.69) is 55.6 Å². The molecule has 2 fully saturated rings. The van der Waals surface area contributed by atoms with E-state index in [4.69, 9.17) is 18.9 Å². The number of hydrogen-bond acceptors (Lipinski definition) is 13. The molecule has 9 N–H and O–H groups in total. The van der Waals surface area contributed by atoms with E-state index in [9.17, 15) is 45.6 Å². The van der Waals surface area contributed by atoms with Crippen LogP contribution in [-0.4, -0.2) is 140 Å². The Bertz CT molecular complexity index is 1510. The second kappa shape index (κ2) is 50.5. The van der Waals surface area contributed by atoms with Gasteiger partial charge in [0.2, 0.25) is 5.91 Å². The lowest BCUT2D eigenvalue weighted by atomic mass is 9.97. The largest absolute Gasteiger partial charge is 0.394 e. The molecule has 0 aromatic carbocycles. The molecule has 2 saturated heterocycles. The first-order chi connectivity index (χ1) is 38.6. The number of nitrogens with one attached hydrogen (secondary N) is 1. The van der Waals surface area contributed by atoms with E-state index >= 15 is 0 Å². The van der Waals surface area contributed by atoms with E-state index in [0.29, 0.717) is 6.42 Å². The molecule has 2 aliphatic heterocycles. The van der Waals surface area contributed by atoms with Crippen molar-refractivity contribution in [3.63, 3.8) is 0 Å². The van der Waals surface area contributed by atoms with Gasteiger partial charge in [-0.3, -0.25) is 4.79 Å². The second-order valence-corrected chi connectivity index (χ2v) is 22.9. The summed E-state index contributed by atoms with van der Waals surface area (Å²) in [5, 5.41) is 86.6. The summed E-state index contributed by atoms with van der Waals surface area (Å²) in [5.41, 5.74) is 0. The van der Waals surface area contributed by atoms with E-state index in [0.717, 1.165) is 64.2 Å². The van der Waals surface area contributed by atoms with Crippen molar-refractivity contribution >= 4 is 5.91 Å². The number of ether oxygens (including phenoxy) is 4. The molecule has 14 nitrogen and oxygen atoms in total. The molecule has 2 heterocycles. The molecule has 0 aromatic rings. The Morgan fingerprint density at radius 1 is 0.456 bits per heavy atom. The number of carbonyl (C=O) groups excluding carboxylic acids is 1. The molecule has 2 aliphatic rings. The zero-order valence-corrected chi connectivity index (χ0v) is 49.9. The lowest BCUT2D eigenvalue weighted by Gasteiger charge is -2.46. The van der Waals surface area contributed by atoms with Crippen LogP contribution in [0, 0.1) is 0 Å². The smallest absolute Gasteiger partial charge is 0.220 e. The van der Waals surface area contributed by atoms with Gasteiger partial charge in [-0.2, -0.15) is 0 Å². The van der Waals surface area contributed by atoms with Gasteiger partial charge in [0.1, 0.15) is 48.8 Å². The molecule has 0 bridgehead atoms. The van der Waals surface area contributed by atoms with Crippen molar-refractivity contribution in [1.82, 2.24) is 5.32 Å². The third kappa shape index (κ3) is 35.6. The molecule has 12 atom stereocenters. The number of rotatable bonds is 52. The summed E-state index contributed by atoms with van der Waals surface area (Å²) in [7, 11) is 0. The number of aliphatic hydroxyl groups excluding tert-OH is 8. The molecule has 0 aliphatic carbocycles. The third-order valence-corrected chi connectivity index (χ3v) is 15.8. The van der Waals surface area contributed by atoms with Gasteiger partial charge in [0, 0.05) is 6.42 Å². The Morgan fingerprint density at radius 3 is 1.29 bits per heavy atom. The fourth-order valence-electron chi connectivity index (χ4n) is 10.5. The number of amides is 1. The zero-order valence-electron chi connectivity index (χ0n) is 49.9. The number of aliphatic hydroxyl groups is 8. The van der Waals surface area contributed by atoms with Crippen LogP contribution in [0.25, 0.3) is 0 Å². The Kier molecular flexibility index (Phi) is 46.7. The molecule has 0 saturated carbocycles. The van der Waals surface area contributed by atoms with Crippen LogP contribution >= 0.6 is 0 Å². The van der Waals surface area contributed by atoms with Gasteiger partial charge in [0.25, 0.3) is 0 Å². The fourth-order valence-corrected chi connectivity index (χ4v) is 10.5. The maximum atomic E-state index is 13.2. The lowest BCUT2D eigenvalue weighted by Crippen LogP contribution is -2.65. The van der Waals surface area contributed by atoms with Crippen LogP contribution in [0.1, 0.15) is 264 Å². The van der Waals surface area contributed by atoms with Crippen molar-refractivity contribution in [2.75, 3.05) is 19.8 Å². The summed E-state index contributed by atoms with van der Waals surface area (Å²) in [4.78, 5) is 13.2.